The third-order valence-electron chi connectivity index (χ3n) is 3.98. The minimum absolute atomic E-state index is 0.215. The molecule has 1 unspecified atom stereocenters. The lowest BCUT2D eigenvalue weighted by Crippen LogP contribution is -2.45. The first-order valence-corrected chi connectivity index (χ1v) is 7.35. The van der Waals surface area contributed by atoms with E-state index in [1.165, 1.54) is 4.57 Å². The van der Waals surface area contributed by atoms with Crippen molar-refractivity contribution in [2.45, 2.75) is 32.4 Å². The molecular weight excluding hydrogens is 298 g/mol. The van der Waals surface area contributed by atoms with E-state index in [9.17, 15) is 14.4 Å². The van der Waals surface area contributed by atoms with Crippen molar-refractivity contribution in [1.82, 2.24) is 14.9 Å². The van der Waals surface area contributed by atoms with Crippen LogP contribution >= 0.6 is 0 Å². The molecule has 0 aliphatic carbocycles. The number of benzene rings is 1. The predicted octanol–water partition coefficient (Wildman–Crippen LogP) is 0.829. The van der Waals surface area contributed by atoms with E-state index in [2.05, 4.69) is 10.3 Å². The number of nitrogens with zero attached hydrogens (tertiary/aromatic N) is 2. The van der Waals surface area contributed by atoms with E-state index in [0.29, 0.717) is 29.8 Å². The minimum atomic E-state index is -0.698. The summed E-state index contributed by atoms with van der Waals surface area (Å²) in [6.07, 6.45) is 0.521. The Morgan fingerprint density at radius 3 is 2.83 bits per heavy atom. The summed E-state index contributed by atoms with van der Waals surface area (Å²) in [5.74, 6) is -0.315. The monoisotopic (exact) mass is 315 g/mol. The van der Waals surface area contributed by atoms with Gasteiger partial charge >= 0.3 is 0 Å². The van der Waals surface area contributed by atoms with Crippen LogP contribution in [0, 0.1) is 6.92 Å². The van der Waals surface area contributed by atoms with Crippen molar-refractivity contribution in [2.24, 2.45) is 0 Å². The SMILES string of the molecule is COCc1ccc2c(=O)n(C3CCC(=O)NC3=O)c(C)nc2c1. The zero-order valence-electron chi connectivity index (χ0n) is 13.0. The van der Waals surface area contributed by atoms with E-state index in [0.717, 1.165) is 5.56 Å². The third kappa shape index (κ3) is 2.75. The Morgan fingerprint density at radius 2 is 2.13 bits per heavy atom. The summed E-state index contributed by atoms with van der Waals surface area (Å²) in [6, 6.07) is 4.61. The van der Waals surface area contributed by atoms with Crippen molar-refractivity contribution in [3.8, 4) is 0 Å². The number of ether oxygens (including phenoxy) is 1. The fraction of sp³-hybridized carbons (Fsp3) is 0.375. The van der Waals surface area contributed by atoms with Crippen LogP contribution in [0.5, 0.6) is 0 Å². The molecule has 1 aromatic heterocycles. The Labute approximate surface area is 132 Å². The maximum atomic E-state index is 12.8. The van der Waals surface area contributed by atoms with E-state index in [-0.39, 0.29) is 17.9 Å². The number of hydrogen-bond donors (Lipinski definition) is 1. The maximum Gasteiger partial charge on any atom is 0.262 e. The second kappa shape index (κ2) is 5.92. The fourth-order valence-corrected chi connectivity index (χ4v) is 2.91. The first-order chi connectivity index (χ1) is 11.0. The van der Waals surface area contributed by atoms with E-state index in [1.54, 1.807) is 26.2 Å². The molecular formula is C16H17N3O4. The largest absolute Gasteiger partial charge is 0.380 e. The van der Waals surface area contributed by atoms with Gasteiger partial charge in [0.25, 0.3) is 5.56 Å². The Bertz CT molecular complexity index is 856. The Morgan fingerprint density at radius 1 is 1.35 bits per heavy atom. The van der Waals surface area contributed by atoms with Crippen LogP contribution < -0.4 is 10.9 Å². The van der Waals surface area contributed by atoms with Gasteiger partial charge in [0.05, 0.1) is 17.5 Å². The highest BCUT2D eigenvalue weighted by molar-refractivity contribution is 5.99. The van der Waals surface area contributed by atoms with Crippen LogP contribution in [-0.2, 0) is 20.9 Å². The number of amides is 2. The molecule has 1 fully saturated rings. The normalized spacial score (nSPS) is 18.3. The molecule has 0 saturated carbocycles. The number of rotatable bonds is 3. The molecule has 0 spiro atoms. The predicted molar refractivity (Wildman–Crippen MR) is 82.9 cm³/mol. The van der Waals surface area contributed by atoms with Gasteiger partial charge in [-0.1, -0.05) is 6.07 Å². The number of carbonyl (C=O) groups excluding carboxylic acids is 2. The second-order valence-corrected chi connectivity index (χ2v) is 5.59. The number of hydrogen-bond acceptors (Lipinski definition) is 5. The third-order valence-corrected chi connectivity index (χ3v) is 3.98. The van der Waals surface area contributed by atoms with Gasteiger partial charge in [0.15, 0.2) is 0 Å². The van der Waals surface area contributed by atoms with Gasteiger partial charge in [-0.2, -0.15) is 0 Å². The van der Waals surface area contributed by atoms with Crippen molar-refractivity contribution in [3.63, 3.8) is 0 Å². The van der Waals surface area contributed by atoms with E-state index in [1.807, 2.05) is 6.07 Å². The minimum Gasteiger partial charge on any atom is -0.380 e. The van der Waals surface area contributed by atoms with Crippen LogP contribution in [0.4, 0.5) is 0 Å². The summed E-state index contributed by atoms with van der Waals surface area (Å²) in [7, 11) is 1.60. The molecule has 1 aromatic carbocycles. The number of aryl methyl sites for hydroxylation is 1. The molecule has 1 saturated heterocycles. The lowest BCUT2D eigenvalue weighted by atomic mass is 10.1. The number of aromatic nitrogens is 2. The van der Waals surface area contributed by atoms with Gasteiger partial charge in [-0.3, -0.25) is 24.3 Å². The molecule has 2 heterocycles. The molecule has 7 heteroatoms. The fourth-order valence-electron chi connectivity index (χ4n) is 2.91. The van der Waals surface area contributed by atoms with Gasteiger partial charge in [0.1, 0.15) is 11.9 Å². The average molecular weight is 315 g/mol. The topological polar surface area (TPSA) is 90.3 Å². The summed E-state index contributed by atoms with van der Waals surface area (Å²) in [5, 5.41) is 2.72. The van der Waals surface area contributed by atoms with E-state index >= 15 is 0 Å². The number of piperidine rings is 1. The Hall–Kier alpha value is -2.54. The van der Waals surface area contributed by atoms with Gasteiger partial charge in [0, 0.05) is 13.5 Å². The van der Waals surface area contributed by atoms with Crippen LogP contribution in [0.2, 0.25) is 0 Å². The summed E-state index contributed by atoms with van der Waals surface area (Å²) >= 11 is 0. The molecule has 0 bridgehead atoms. The average Bonchev–Trinajstić information content (AvgIpc) is 2.49. The number of fused-ring (bicyclic) bond motifs is 1. The summed E-state index contributed by atoms with van der Waals surface area (Å²) in [6.45, 7) is 2.13. The highest BCUT2D eigenvalue weighted by atomic mass is 16.5. The van der Waals surface area contributed by atoms with Crippen molar-refractivity contribution in [2.75, 3.05) is 7.11 Å². The van der Waals surface area contributed by atoms with E-state index in [4.69, 9.17) is 4.74 Å². The van der Waals surface area contributed by atoms with Gasteiger partial charge in [-0.25, -0.2) is 4.98 Å². The highest BCUT2D eigenvalue weighted by Crippen LogP contribution is 2.20. The standard InChI is InChI=1S/C16H17N3O4/c1-9-17-12-7-10(8-23-2)3-4-11(12)16(22)19(9)13-5-6-14(20)18-15(13)21/h3-4,7,13H,5-6,8H2,1-2H3,(H,18,20,21). The second-order valence-electron chi connectivity index (χ2n) is 5.59. The van der Waals surface area contributed by atoms with Gasteiger partial charge in [-0.15, -0.1) is 0 Å². The molecule has 2 aromatic rings. The first-order valence-electron chi connectivity index (χ1n) is 7.35. The number of nitrogens with one attached hydrogen (secondary N) is 1. The molecule has 120 valence electrons. The maximum absolute atomic E-state index is 12.8. The van der Waals surface area contributed by atoms with Crippen molar-refractivity contribution >= 4 is 22.7 Å². The van der Waals surface area contributed by atoms with Crippen LogP contribution in [-0.4, -0.2) is 28.5 Å². The molecule has 1 aliphatic rings. The Balaban J connectivity index is 2.12. The van der Waals surface area contributed by atoms with Crippen LogP contribution in [0.25, 0.3) is 10.9 Å². The molecule has 1 aliphatic heterocycles. The summed E-state index contributed by atoms with van der Waals surface area (Å²) in [5.41, 5.74) is 1.22. The van der Waals surface area contributed by atoms with Gasteiger partial charge in [0.2, 0.25) is 11.8 Å². The summed E-state index contributed by atoms with van der Waals surface area (Å²) in [4.78, 5) is 40.6. The molecule has 0 radical (unpaired) electrons. The van der Waals surface area contributed by atoms with Gasteiger partial charge in [-0.05, 0) is 31.0 Å². The smallest absolute Gasteiger partial charge is 0.262 e. The van der Waals surface area contributed by atoms with Crippen LogP contribution in [0.1, 0.15) is 30.3 Å². The Kier molecular flexibility index (Phi) is 3.96. The van der Waals surface area contributed by atoms with Crippen molar-refractivity contribution in [1.29, 1.82) is 0 Å². The zero-order chi connectivity index (χ0) is 16.6. The molecule has 7 nitrogen and oxygen atoms in total. The van der Waals surface area contributed by atoms with E-state index < -0.39 is 11.9 Å². The quantitative estimate of drug-likeness (QED) is 0.847. The number of carbonyl (C=O) groups is 2. The molecule has 2 amide bonds. The first kappa shape index (κ1) is 15.4. The molecule has 1 N–H and O–H groups in total. The summed E-state index contributed by atoms with van der Waals surface area (Å²) < 4.78 is 6.46. The lowest BCUT2D eigenvalue weighted by molar-refractivity contribution is -0.135. The molecule has 3 rings (SSSR count). The molecule has 23 heavy (non-hydrogen) atoms. The number of imide groups is 1. The number of methoxy groups -OCH3 is 1. The highest BCUT2D eigenvalue weighted by Gasteiger charge is 2.30. The van der Waals surface area contributed by atoms with Crippen LogP contribution in [0.15, 0.2) is 23.0 Å². The van der Waals surface area contributed by atoms with Crippen LogP contribution in [0.3, 0.4) is 0 Å². The van der Waals surface area contributed by atoms with Crippen molar-refractivity contribution < 1.29 is 14.3 Å². The van der Waals surface area contributed by atoms with Crippen molar-refractivity contribution in [3.05, 3.63) is 39.9 Å². The zero-order valence-corrected chi connectivity index (χ0v) is 13.0. The molecule has 1 atom stereocenters. The lowest BCUT2D eigenvalue weighted by Gasteiger charge is -2.24. The van der Waals surface area contributed by atoms with Gasteiger partial charge < -0.3 is 4.74 Å².